The van der Waals surface area contributed by atoms with Crippen molar-refractivity contribution in [2.45, 2.75) is 18.7 Å². The molecule has 0 fully saturated rings. The van der Waals surface area contributed by atoms with E-state index in [0.29, 0.717) is 23.6 Å². The maximum atomic E-state index is 12.1. The van der Waals surface area contributed by atoms with Crippen LogP contribution in [0, 0.1) is 6.92 Å². The second kappa shape index (κ2) is 9.88. The molecule has 2 heterocycles. The molecule has 9 heteroatoms. The molecule has 0 radical (unpaired) electrons. The monoisotopic (exact) mass is 477 g/mol. The highest BCUT2D eigenvalue weighted by atomic mass is 32.2. The van der Waals surface area contributed by atoms with Crippen molar-refractivity contribution in [3.8, 4) is 23.0 Å². The third-order valence-corrected chi connectivity index (χ3v) is 6.13. The predicted octanol–water partition coefficient (Wildman–Crippen LogP) is 5.42. The third kappa shape index (κ3) is 4.55. The van der Waals surface area contributed by atoms with E-state index in [4.69, 9.17) is 13.9 Å². The number of fused-ring (bicyclic) bond motifs is 1. The number of methoxy groups -OCH3 is 2. The quantitative estimate of drug-likeness (QED) is 0.194. The molecule has 0 saturated carbocycles. The highest BCUT2D eigenvalue weighted by Crippen LogP contribution is 2.35. The van der Waals surface area contributed by atoms with E-state index in [1.54, 1.807) is 38.5 Å². The Morgan fingerprint density at radius 2 is 1.88 bits per heavy atom. The number of carboxylic acid groups (broad SMARTS) is 1. The minimum atomic E-state index is -1.09. The zero-order chi connectivity index (χ0) is 24.2. The molecule has 0 atom stereocenters. The van der Waals surface area contributed by atoms with Crippen molar-refractivity contribution < 1.29 is 23.8 Å². The van der Waals surface area contributed by atoms with Crippen LogP contribution in [0.15, 0.2) is 69.7 Å². The number of aromatic nitrogens is 3. The number of rotatable bonds is 9. The normalized spacial score (nSPS) is 11.6. The van der Waals surface area contributed by atoms with Crippen molar-refractivity contribution >= 4 is 34.7 Å². The van der Waals surface area contributed by atoms with Gasteiger partial charge in [0.25, 0.3) is 5.22 Å². The molecule has 0 amide bonds. The minimum absolute atomic E-state index is 0.0584. The maximum absolute atomic E-state index is 12.1. The van der Waals surface area contributed by atoms with E-state index in [2.05, 4.69) is 21.3 Å². The summed E-state index contributed by atoms with van der Waals surface area (Å²) in [6.07, 6.45) is 3.45. The first kappa shape index (κ1) is 23.2. The summed E-state index contributed by atoms with van der Waals surface area (Å²) in [6, 6.07) is 13.0. The first-order valence-corrected chi connectivity index (χ1v) is 11.1. The summed E-state index contributed by atoms with van der Waals surface area (Å²) in [7, 11) is 3.09. The Morgan fingerprint density at radius 1 is 1.18 bits per heavy atom. The van der Waals surface area contributed by atoms with Crippen LogP contribution in [0.25, 0.3) is 28.4 Å². The summed E-state index contributed by atoms with van der Waals surface area (Å²) in [5.41, 5.74) is 3.36. The van der Waals surface area contributed by atoms with Crippen molar-refractivity contribution in [3.05, 3.63) is 71.3 Å². The highest BCUT2D eigenvalue weighted by Gasteiger charge is 2.19. The lowest BCUT2D eigenvalue weighted by Crippen LogP contribution is -1.99. The zero-order valence-electron chi connectivity index (χ0n) is 18.9. The lowest BCUT2D eigenvalue weighted by molar-refractivity contribution is -0.131. The predicted molar refractivity (Wildman–Crippen MR) is 131 cm³/mol. The summed E-state index contributed by atoms with van der Waals surface area (Å²) in [5, 5.41) is 19.1. The molecule has 2 aromatic carbocycles. The number of allylic oxidation sites excluding steroid dienone is 1. The van der Waals surface area contributed by atoms with E-state index in [9.17, 15) is 9.90 Å². The fourth-order valence-corrected chi connectivity index (χ4v) is 4.32. The smallest absolute Gasteiger partial charge is 0.342 e. The molecular formula is C25H23N3O5S. The fraction of sp³-hybridized carbons (Fsp3) is 0.160. The average Bonchev–Trinajstić information content (AvgIpc) is 3.42. The summed E-state index contributed by atoms with van der Waals surface area (Å²) in [6.45, 7) is 6.41. The van der Waals surface area contributed by atoms with Crippen molar-refractivity contribution in [3.63, 3.8) is 0 Å². The Kier molecular flexibility index (Phi) is 6.74. The number of ether oxygens (including phenoxy) is 2. The van der Waals surface area contributed by atoms with Gasteiger partial charge in [0, 0.05) is 40.3 Å². The van der Waals surface area contributed by atoms with Crippen LogP contribution in [0.1, 0.15) is 11.3 Å². The molecule has 0 bridgehead atoms. The summed E-state index contributed by atoms with van der Waals surface area (Å²) < 4.78 is 18.4. The molecule has 1 N–H and O–H groups in total. The van der Waals surface area contributed by atoms with Crippen LogP contribution < -0.4 is 9.47 Å². The van der Waals surface area contributed by atoms with Gasteiger partial charge in [-0.1, -0.05) is 24.3 Å². The zero-order valence-corrected chi connectivity index (χ0v) is 19.8. The molecule has 0 aliphatic carbocycles. The molecule has 174 valence electrons. The Bertz CT molecular complexity index is 1380. The van der Waals surface area contributed by atoms with E-state index >= 15 is 0 Å². The number of carboxylic acids is 1. The molecule has 0 aliphatic heterocycles. The second-order valence-electron chi connectivity index (χ2n) is 7.31. The third-order valence-electron chi connectivity index (χ3n) is 5.28. The van der Waals surface area contributed by atoms with E-state index < -0.39 is 5.97 Å². The van der Waals surface area contributed by atoms with Crippen LogP contribution in [-0.2, 0) is 11.3 Å². The fourth-order valence-electron chi connectivity index (χ4n) is 3.66. The van der Waals surface area contributed by atoms with Gasteiger partial charge in [-0.15, -0.1) is 16.8 Å². The Morgan fingerprint density at radius 3 is 2.53 bits per heavy atom. The number of para-hydroxylation sites is 1. The second-order valence-corrected chi connectivity index (χ2v) is 8.30. The van der Waals surface area contributed by atoms with Gasteiger partial charge in [0.15, 0.2) is 0 Å². The highest BCUT2D eigenvalue weighted by molar-refractivity contribution is 8.03. The van der Waals surface area contributed by atoms with Crippen molar-refractivity contribution in [1.82, 2.24) is 14.8 Å². The van der Waals surface area contributed by atoms with Crippen molar-refractivity contribution in [2.24, 2.45) is 0 Å². The van der Waals surface area contributed by atoms with Gasteiger partial charge in [-0.05, 0) is 43.0 Å². The van der Waals surface area contributed by atoms with Gasteiger partial charge < -0.3 is 23.6 Å². The molecular weight excluding hydrogens is 454 g/mol. The van der Waals surface area contributed by atoms with Crippen LogP contribution >= 0.6 is 11.8 Å². The average molecular weight is 478 g/mol. The number of thioether (sulfide) groups is 1. The van der Waals surface area contributed by atoms with Gasteiger partial charge in [-0.3, -0.25) is 0 Å². The summed E-state index contributed by atoms with van der Waals surface area (Å²) in [4.78, 5) is 12.2. The molecule has 2 aromatic heterocycles. The Hall–Kier alpha value is -3.98. The molecule has 4 aromatic rings. The van der Waals surface area contributed by atoms with Crippen LogP contribution in [0.4, 0.5) is 0 Å². The standard InChI is InChI=1S/C25H23N3O5S/c1-5-10-28-15(2)20(19-8-6-7-9-21(19)28)14-22(24(29)30)34-25-27-26-23(33-25)16-11-17(31-3)13-18(12-16)32-4/h5-9,11-14H,1,10H2,2-4H3,(H,29,30)/b22-14-. The molecule has 0 aliphatic rings. The maximum Gasteiger partial charge on any atom is 0.342 e. The van der Waals surface area contributed by atoms with Crippen LogP contribution in [0.2, 0.25) is 0 Å². The topological polar surface area (TPSA) is 99.6 Å². The van der Waals surface area contributed by atoms with Crippen molar-refractivity contribution in [2.75, 3.05) is 14.2 Å². The van der Waals surface area contributed by atoms with Crippen molar-refractivity contribution in [1.29, 1.82) is 0 Å². The van der Waals surface area contributed by atoms with E-state index in [1.807, 2.05) is 37.3 Å². The van der Waals surface area contributed by atoms with E-state index in [-0.39, 0.29) is 16.0 Å². The molecule has 0 saturated heterocycles. The number of nitrogens with zero attached hydrogens (tertiary/aromatic N) is 3. The van der Waals surface area contributed by atoms with Gasteiger partial charge in [-0.2, -0.15) is 0 Å². The lowest BCUT2D eigenvalue weighted by atomic mass is 10.1. The largest absolute Gasteiger partial charge is 0.497 e. The van der Waals surface area contributed by atoms with E-state index in [0.717, 1.165) is 33.9 Å². The number of hydrogen-bond donors (Lipinski definition) is 1. The van der Waals surface area contributed by atoms with Crippen LogP contribution in [0.5, 0.6) is 11.5 Å². The SMILES string of the molecule is C=CCn1c(C)c(/C=C(\Sc2nnc(-c3cc(OC)cc(OC)c3)o2)C(=O)O)c2ccccc21. The summed E-state index contributed by atoms with van der Waals surface area (Å²) in [5.74, 6) is 0.273. The van der Waals surface area contributed by atoms with Gasteiger partial charge in [0.05, 0.1) is 14.2 Å². The summed E-state index contributed by atoms with van der Waals surface area (Å²) >= 11 is 0.896. The van der Waals surface area contributed by atoms with Gasteiger partial charge in [-0.25, -0.2) is 4.79 Å². The van der Waals surface area contributed by atoms with Crippen LogP contribution in [-0.4, -0.2) is 40.1 Å². The molecule has 8 nitrogen and oxygen atoms in total. The first-order chi connectivity index (χ1) is 16.4. The van der Waals surface area contributed by atoms with Gasteiger partial charge in [0.2, 0.25) is 5.89 Å². The minimum Gasteiger partial charge on any atom is -0.497 e. The Balaban J connectivity index is 1.71. The number of benzene rings is 2. The molecule has 0 unspecified atom stereocenters. The van der Waals surface area contributed by atoms with Gasteiger partial charge in [0.1, 0.15) is 16.4 Å². The number of carbonyl (C=O) groups is 1. The molecule has 0 spiro atoms. The van der Waals surface area contributed by atoms with E-state index in [1.165, 1.54) is 0 Å². The lowest BCUT2D eigenvalue weighted by Gasteiger charge is -2.05. The molecule has 34 heavy (non-hydrogen) atoms. The Labute approximate surface area is 200 Å². The molecule has 4 rings (SSSR count). The van der Waals surface area contributed by atoms with Crippen LogP contribution in [0.3, 0.4) is 0 Å². The number of aliphatic carboxylic acids is 1. The number of hydrogen-bond acceptors (Lipinski definition) is 7. The van der Waals surface area contributed by atoms with Gasteiger partial charge >= 0.3 is 5.97 Å². The first-order valence-electron chi connectivity index (χ1n) is 10.3.